The molecule has 8 heteroatoms. The van der Waals surface area contributed by atoms with E-state index < -0.39 is 44.4 Å². The van der Waals surface area contributed by atoms with Gasteiger partial charge in [-0.3, -0.25) is 4.79 Å². The van der Waals surface area contributed by atoms with E-state index >= 15 is 0 Å². The van der Waals surface area contributed by atoms with Crippen LogP contribution in [0.5, 0.6) is 5.75 Å². The third kappa shape index (κ3) is 2.99. The number of esters is 2. The molecule has 5 aliphatic carbocycles. The first-order valence-electron chi connectivity index (χ1n) is 13.5. The molecule has 198 valence electrons. The first-order valence-corrected chi connectivity index (χ1v) is 14.9. The highest BCUT2D eigenvalue weighted by molar-refractivity contribution is 7.89. The van der Waals surface area contributed by atoms with Gasteiger partial charge in [-0.15, -0.1) is 0 Å². The van der Waals surface area contributed by atoms with Crippen LogP contribution in [0.2, 0.25) is 0 Å². The van der Waals surface area contributed by atoms with Crippen LogP contribution in [0.25, 0.3) is 0 Å². The third-order valence-corrected chi connectivity index (χ3v) is 11.7. The van der Waals surface area contributed by atoms with Crippen LogP contribution in [0.1, 0.15) is 59.8 Å². The molecule has 2 saturated carbocycles. The average molecular weight is 543 g/mol. The normalized spacial score (nSPS) is 35.7. The van der Waals surface area contributed by atoms with Crippen molar-refractivity contribution in [3.63, 3.8) is 0 Å². The molecule has 0 spiro atoms. The zero-order valence-electron chi connectivity index (χ0n) is 21.0. The smallest absolute Gasteiger partial charge is 0.335 e. The Hall–Kier alpha value is -3.49. The van der Waals surface area contributed by atoms with Crippen LogP contribution < -0.4 is 4.74 Å². The Kier molecular flexibility index (Phi) is 4.68. The molecule has 3 aromatic rings. The third-order valence-electron chi connectivity index (χ3n) is 9.71. The van der Waals surface area contributed by atoms with Gasteiger partial charge in [-0.1, -0.05) is 66.7 Å². The molecule has 3 fully saturated rings. The summed E-state index contributed by atoms with van der Waals surface area (Å²) in [4.78, 5) is 27.5. The van der Waals surface area contributed by atoms with Crippen LogP contribution in [0.3, 0.4) is 0 Å². The minimum absolute atomic E-state index is 0.0608. The highest BCUT2D eigenvalue weighted by Gasteiger charge is 2.82. The Morgan fingerprint density at radius 3 is 2.05 bits per heavy atom. The molecule has 0 amide bonds. The molecular weight excluding hydrogens is 516 g/mol. The van der Waals surface area contributed by atoms with E-state index in [0.29, 0.717) is 12.8 Å². The highest BCUT2D eigenvalue weighted by Crippen LogP contribution is 2.67. The maximum absolute atomic E-state index is 14.0. The molecule has 6 aliphatic rings. The average Bonchev–Trinajstić information content (AvgIpc) is 3.52. The van der Waals surface area contributed by atoms with Crippen molar-refractivity contribution in [1.29, 1.82) is 0 Å². The van der Waals surface area contributed by atoms with Gasteiger partial charge in [0.2, 0.25) is 10.5 Å². The van der Waals surface area contributed by atoms with Crippen molar-refractivity contribution >= 4 is 22.1 Å². The van der Waals surface area contributed by atoms with Crippen LogP contribution in [0.15, 0.2) is 78.9 Å². The van der Waals surface area contributed by atoms with Crippen molar-refractivity contribution in [2.45, 2.75) is 48.1 Å². The van der Waals surface area contributed by atoms with Crippen molar-refractivity contribution in [2.75, 3.05) is 0 Å². The minimum atomic E-state index is -4.41. The Morgan fingerprint density at radius 2 is 1.41 bits per heavy atom. The first kappa shape index (κ1) is 23.4. The molecule has 4 bridgehead atoms. The predicted octanol–water partition coefficient (Wildman–Crippen LogP) is 4.66. The zero-order valence-corrected chi connectivity index (χ0v) is 21.8. The van der Waals surface area contributed by atoms with Crippen LogP contribution in [0, 0.1) is 17.8 Å². The molecule has 5 unspecified atom stereocenters. The van der Waals surface area contributed by atoms with Gasteiger partial charge in [0.25, 0.3) is 10.1 Å². The molecule has 7 nitrogen and oxygen atoms in total. The zero-order chi connectivity index (χ0) is 26.6. The summed E-state index contributed by atoms with van der Waals surface area (Å²) in [5.41, 5.74) is 4.68. The highest BCUT2D eigenvalue weighted by atomic mass is 32.2. The Bertz CT molecular complexity index is 1600. The van der Waals surface area contributed by atoms with Crippen molar-refractivity contribution < 1.29 is 31.7 Å². The quantitative estimate of drug-likeness (QED) is 0.269. The van der Waals surface area contributed by atoms with E-state index in [-0.39, 0.29) is 36.3 Å². The number of hydrogen-bond acceptors (Lipinski definition) is 7. The van der Waals surface area contributed by atoms with Gasteiger partial charge >= 0.3 is 11.9 Å². The molecule has 0 radical (unpaired) electrons. The lowest BCUT2D eigenvalue weighted by molar-refractivity contribution is -0.212. The number of hydrogen-bond donors (Lipinski definition) is 0. The maximum Gasteiger partial charge on any atom is 0.335 e. The van der Waals surface area contributed by atoms with Gasteiger partial charge in [0.1, 0.15) is 5.75 Å². The fourth-order valence-corrected chi connectivity index (χ4v) is 10.3. The second-order valence-corrected chi connectivity index (χ2v) is 13.4. The largest absolute Gasteiger partial charge is 0.431 e. The Balaban J connectivity index is 1.13. The molecule has 1 aliphatic heterocycles. The summed E-state index contributed by atoms with van der Waals surface area (Å²) in [6.45, 7) is 0. The van der Waals surface area contributed by atoms with Gasteiger partial charge in [0.05, 0.1) is 11.8 Å². The topological polar surface area (TPSA) is 96.0 Å². The fourth-order valence-electron chi connectivity index (χ4n) is 8.29. The van der Waals surface area contributed by atoms with Crippen LogP contribution in [0.4, 0.5) is 0 Å². The number of ether oxygens (including phenoxy) is 2. The number of para-hydroxylation sites is 1. The van der Waals surface area contributed by atoms with Gasteiger partial charge in [-0.05, 0) is 59.6 Å². The number of benzene rings is 3. The van der Waals surface area contributed by atoms with E-state index in [1.54, 1.807) is 30.3 Å². The number of carbonyl (C=O) groups is 2. The Labute approximate surface area is 226 Å². The molecule has 3 aromatic carbocycles. The van der Waals surface area contributed by atoms with Gasteiger partial charge < -0.3 is 9.47 Å². The molecule has 9 rings (SSSR count). The van der Waals surface area contributed by atoms with Gasteiger partial charge in [-0.25, -0.2) is 8.98 Å². The lowest BCUT2D eigenvalue weighted by Gasteiger charge is -2.45. The molecule has 39 heavy (non-hydrogen) atoms. The SMILES string of the molecule is O=C(OC12CC3CC1C(C(=O)Oc1ccccc1)(C3)S(=O)(=O)O2)C1CC2c3ccccc3C1c1ccccc12. The van der Waals surface area contributed by atoms with E-state index in [2.05, 4.69) is 24.3 Å². The van der Waals surface area contributed by atoms with E-state index in [9.17, 15) is 18.0 Å². The second kappa shape index (κ2) is 7.79. The number of carbonyl (C=O) groups excluding carboxylic acids is 2. The van der Waals surface area contributed by atoms with Gasteiger partial charge in [-0.2, -0.15) is 8.42 Å². The standard InChI is InChI=1S/C31H26O7S/c32-28(25-15-24-20-10-4-6-12-22(20)27(25)23-13-7-5-11-21(23)24)37-31-17-18-14-26(31)30(16-18,39(34,35)38-31)29(33)36-19-8-2-1-3-9-19/h1-13,18,24-27H,14-17H2. The molecular formula is C31H26O7S. The van der Waals surface area contributed by atoms with Crippen molar-refractivity contribution in [3.05, 3.63) is 101 Å². The van der Waals surface area contributed by atoms with E-state index in [1.165, 1.54) is 11.1 Å². The number of fused-ring (bicyclic) bond motifs is 2. The lowest BCUT2D eigenvalue weighted by atomic mass is 9.59. The van der Waals surface area contributed by atoms with Crippen molar-refractivity contribution in [3.8, 4) is 5.75 Å². The summed E-state index contributed by atoms with van der Waals surface area (Å²) < 4.78 is 42.6. The number of rotatable bonds is 4. The lowest BCUT2D eigenvalue weighted by Crippen LogP contribution is -2.53. The summed E-state index contributed by atoms with van der Waals surface area (Å²) in [5.74, 6) is -4.27. The van der Waals surface area contributed by atoms with Crippen molar-refractivity contribution in [1.82, 2.24) is 0 Å². The van der Waals surface area contributed by atoms with Crippen LogP contribution in [-0.4, -0.2) is 30.9 Å². The molecule has 0 N–H and O–H groups in total. The first-order chi connectivity index (χ1) is 18.8. The molecule has 1 heterocycles. The monoisotopic (exact) mass is 542 g/mol. The molecule has 0 aromatic heterocycles. The fraction of sp³-hybridized carbons (Fsp3) is 0.355. The molecule has 1 saturated heterocycles. The minimum Gasteiger partial charge on any atom is -0.431 e. The van der Waals surface area contributed by atoms with Crippen LogP contribution in [-0.2, 0) is 28.6 Å². The second-order valence-electron chi connectivity index (χ2n) is 11.6. The van der Waals surface area contributed by atoms with Crippen molar-refractivity contribution in [2.24, 2.45) is 17.8 Å². The van der Waals surface area contributed by atoms with E-state index in [1.807, 2.05) is 24.3 Å². The van der Waals surface area contributed by atoms with E-state index in [4.69, 9.17) is 13.7 Å². The van der Waals surface area contributed by atoms with Gasteiger partial charge in [0, 0.05) is 18.3 Å². The summed E-state index contributed by atoms with van der Waals surface area (Å²) in [5, 5.41) is 0. The summed E-state index contributed by atoms with van der Waals surface area (Å²) >= 11 is 0. The molecule has 5 atom stereocenters. The summed E-state index contributed by atoms with van der Waals surface area (Å²) in [6.07, 6.45) is 1.38. The van der Waals surface area contributed by atoms with E-state index in [0.717, 1.165) is 11.1 Å². The summed E-state index contributed by atoms with van der Waals surface area (Å²) in [7, 11) is -4.41. The van der Waals surface area contributed by atoms with Gasteiger partial charge in [0.15, 0.2) is 0 Å². The predicted molar refractivity (Wildman–Crippen MR) is 139 cm³/mol. The maximum atomic E-state index is 14.0. The summed E-state index contributed by atoms with van der Waals surface area (Å²) in [6, 6.07) is 24.8. The van der Waals surface area contributed by atoms with Crippen LogP contribution >= 0.6 is 0 Å². The Morgan fingerprint density at radius 1 is 0.795 bits per heavy atom.